The van der Waals surface area contributed by atoms with E-state index >= 15 is 0 Å². The third kappa shape index (κ3) is 5.25. The second kappa shape index (κ2) is 10.5. The van der Waals surface area contributed by atoms with Gasteiger partial charge in [0.05, 0.1) is 23.1 Å². The lowest BCUT2D eigenvalue weighted by molar-refractivity contribution is -0.123. The Morgan fingerprint density at radius 2 is 1.64 bits per heavy atom. The van der Waals surface area contributed by atoms with E-state index in [1.807, 2.05) is 55.5 Å². The van der Waals surface area contributed by atoms with Gasteiger partial charge in [-0.25, -0.2) is 4.98 Å². The molecule has 2 atom stereocenters. The maximum absolute atomic E-state index is 12.6. The maximum Gasteiger partial charge on any atom is 0.237 e. The van der Waals surface area contributed by atoms with Crippen LogP contribution >= 0.6 is 24.8 Å². The molecule has 1 aromatic heterocycles. The smallest absolute Gasteiger partial charge is 0.237 e. The Balaban J connectivity index is 0.00000196. The van der Waals surface area contributed by atoms with Gasteiger partial charge in [0.1, 0.15) is 5.82 Å². The Bertz CT molecular complexity index is 896. The van der Waals surface area contributed by atoms with Crippen LogP contribution in [0.15, 0.2) is 54.6 Å². The van der Waals surface area contributed by atoms with Crippen molar-refractivity contribution in [2.24, 2.45) is 5.73 Å². The van der Waals surface area contributed by atoms with Gasteiger partial charge in [0, 0.05) is 6.04 Å². The number of nitrogens with two attached hydrogens (primary N) is 1. The molecule has 0 fully saturated rings. The van der Waals surface area contributed by atoms with Crippen LogP contribution in [0.1, 0.15) is 44.2 Å². The lowest BCUT2D eigenvalue weighted by Gasteiger charge is -2.20. The van der Waals surface area contributed by atoms with Crippen molar-refractivity contribution in [1.29, 1.82) is 0 Å². The molecule has 0 saturated carbocycles. The molecular formula is C21H28Cl2N4O. The van der Waals surface area contributed by atoms with Crippen molar-refractivity contribution >= 4 is 41.8 Å². The molecule has 0 aliphatic heterocycles. The number of carbonyl (C=O) groups excluding carboxylic acids is 1. The molecule has 1 amide bonds. The fourth-order valence-electron chi connectivity index (χ4n) is 3.26. The van der Waals surface area contributed by atoms with Gasteiger partial charge in [0.15, 0.2) is 0 Å². The molecule has 28 heavy (non-hydrogen) atoms. The van der Waals surface area contributed by atoms with Gasteiger partial charge in [-0.15, -0.1) is 24.8 Å². The van der Waals surface area contributed by atoms with Crippen molar-refractivity contribution in [3.63, 3.8) is 0 Å². The summed E-state index contributed by atoms with van der Waals surface area (Å²) in [7, 11) is 0. The third-order valence-corrected chi connectivity index (χ3v) is 4.52. The summed E-state index contributed by atoms with van der Waals surface area (Å²) in [5, 5.41) is 3.03. The van der Waals surface area contributed by atoms with Crippen molar-refractivity contribution in [2.45, 2.75) is 45.3 Å². The minimum absolute atomic E-state index is 0. The normalized spacial score (nSPS) is 12.8. The first-order valence-electron chi connectivity index (χ1n) is 9.04. The summed E-state index contributed by atoms with van der Waals surface area (Å²) in [6, 6.07) is 17.3. The van der Waals surface area contributed by atoms with E-state index in [0.717, 1.165) is 22.4 Å². The summed E-state index contributed by atoms with van der Waals surface area (Å²) in [6.07, 6.45) is 0.514. The number of nitrogens with zero attached hydrogens (tertiary/aromatic N) is 2. The lowest BCUT2D eigenvalue weighted by Crippen LogP contribution is -2.43. The topological polar surface area (TPSA) is 72.9 Å². The van der Waals surface area contributed by atoms with Gasteiger partial charge in [0.25, 0.3) is 0 Å². The highest BCUT2D eigenvalue weighted by Crippen LogP contribution is 2.24. The van der Waals surface area contributed by atoms with Gasteiger partial charge < -0.3 is 15.6 Å². The SMILES string of the molecule is CC(NC(=O)[C@@H](N)Cc1ccccc1)c1nc2ccccc2n1C(C)C.Cl.Cl. The fourth-order valence-corrected chi connectivity index (χ4v) is 3.26. The van der Waals surface area contributed by atoms with Crippen LogP contribution in [0.4, 0.5) is 0 Å². The first-order valence-corrected chi connectivity index (χ1v) is 9.04. The second-order valence-electron chi connectivity index (χ2n) is 6.95. The molecule has 2 aromatic carbocycles. The minimum Gasteiger partial charge on any atom is -0.345 e. The molecular weight excluding hydrogens is 395 g/mol. The number of hydrogen-bond acceptors (Lipinski definition) is 3. The largest absolute Gasteiger partial charge is 0.345 e. The Morgan fingerprint density at radius 1 is 1.04 bits per heavy atom. The lowest BCUT2D eigenvalue weighted by atomic mass is 10.1. The van der Waals surface area contributed by atoms with Crippen molar-refractivity contribution in [2.75, 3.05) is 0 Å². The number of aromatic nitrogens is 2. The van der Waals surface area contributed by atoms with Crippen LogP contribution in [0.5, 0.6) is 0 Å². The predicted octanol–water partition coefficient (Wildman–Crippen LogP) is 4.21. The number of rotatable bonds is 6. The Kier molecular flexibility index (Phi) is 8.95. The third-order valence-electron chi connectivity index (χ3n) is 4.52. The summed E-state index contributed by atoms with van der Waals surface area (Å²) < 4.78 is 2.17. The van der Waals surface area contributed by atoms with Gasteiger partial charge in [-0.2, -0.15) is 0 Å². The van der Waals surface area contributed by atoms with Gasteiger partial charge >= 0.3 is 0 Å². The van der Waals surface area contributed by atoms with Crippen LogP contribution in [-0.2, 0) is 11.2 Å². The van der Waals surface area contributed by atoms with E-state index in [2.05, 4.69) is 29.8 Å². The first-order chi connectivity index (χ1) is 12.5. The summed E-state index contributed by atoms with van der Waals surface area (Å²) in [5.74, 6) is 0.685. The zero-order chi connectivity index (χ0) is 18.7. The number of halogens is 2. The number of nitrogens with one attached hydrogen (secondary N) is 1. The number of fused-ring (bicyclic) bond motifs is 1. The quantitative estimate of drug-likeness (QED) is 0.624. The second-order valence-corrected chi connectivity index (χ2v) is 6.95. The average Bonchev–Trinajstić information content (AvgIpc) is 3.02. The molecule has 152 valence electrons. The van der Waals surface area contributed by atoms with Gasteiger partial charge in [-0.3, -0.25) is 4.79 Å². The van der Waals surface area contributed by atoms with Crippen LogP contribution < -0.4 is 11.1 Å². The van der Waals surface area contributed by atoms with Crippen LogP contribution in [-0.4, -0.2) is 21.5 Å². The molecule has 7 heteroatoms. The molecule has 1 unspecified atom stereocenters. The van der Waals surface area contributed by atoms with Crippen molar-refractivity contribution < 1.29 is 4.79 Å². The van der Waals surface area contributed by atoms with Gasteiger partial charge in [-0.05, 0) is 44.9 Å². The molecule has 3 rings (SSSR count). The first kappa shape index (κ1) is 24.0. The van der Waals surface area contributed by atoms with Crippen LogP contribution in [0.25, 0.3) is 11.0 Å². The molecule has 1 heterocycles. The average molecular weight is 423 g/mol. The zero-order valence-electron chi connectivity index (χ0n) is 16.3. The summed E-state index contributed by atoms with van der Waals surface area (Å²) in [4.78, 5) is 17.3. The zero-order valence-corrected chi connectivity index (χ0v) is 18.0. The number of amides is 1. The van der Waals surface area contributed by atoms with Crippen LogP contribution in [0.2, 0.25) is 0 Å². The van der Waals surface area contributed by atoms with E-state index < -0.39 is 6.04 Å². The van der Waals surface area contributed by atoms with Crippen molar-refractivity contribution in [3.8, 4) is 0 Å². The molecule has 3 aromatic rings. The van der Waals surface area contributed by atoms with E-state index in [9.17, 15) is 4.79 Å². The summed E-state index contributed by atoms with van der Waals surface area (Å²) in [6.45, 7) is 6.19. The molecule has 0 aliphatic rings. The molecule has 0 radical (unpaired) electrons. The molecule has 3 N–H and O–H groups in total. The standard InChI is InChI=1S/C21H26N4O.2ClH/c1-14(2)25-19-12-8-7-11-18(19)24-20(25)15(3)23-21(26)17(22)13-16-9-5-4-6-10-16;;/h4-12,14-15,17H,13,22H2,1-3H3,(H,23,26);2*1H/t15?,17-;;/m0../s1. The maximum atomic E-state index is 12.6. The van der Waals surface area contributed by atoms with E-state index in [-0.39, 0.29) is 42.8 Å². The number of carbonyl (C=O) groups is 1. The van der Waals surface area contributed by atoms with Crippen LogP contribution in [0, 0.1) is 0 Å². The van der Waals surface area contributed by atoms with E-state index in [1.165, 1.54) is 0 Å². The van der Waals surface area contributed by atoms with E-state index in [0.29, 0.717) is 6.42 Å². The number of para-hydroxylation sites is 2. The number of hydrogen-bond donors (Lipinski definition) is 2. The predicted molar refractivity (Wildman–Crippen MR) is 119 cm³/mol. The Hall–Kier alpha value is -2.08. The Morgan fingerprint density at radius 3 is 2.29 bits per heavy atom. The molecule has 5 nitrogen and oxygen atoms in total. The highest BCUT2D eigenvalue weighted by molar-refractivity contribution is 5.85. The van der Waals surface area contributed by atoms with E-state index in [1.54, 1.807) is 0 Å². The number of imidazole rings is 1. The Labute approximate surface area is 178 Å². The highest BCUT2D eigenvalue weighted by atomic mass is 35.5. The van der Waals surface area contributed by atoms with Gasteiger partial charge in [0.2, 0.25) is 5.91 Å². The van der Waals surface area contributed by atoms with Crippen molar-refractivity contribution in [1.82, 2.24) is 14.9 Å². The monoisotopic (exact) mass is 422 g/mol. The van der Waals surface area contributed by atoms with E-state index in [4.69, 9.17) is 10.7 Å². The summed E-state index contributed by atoms with van der Waals surface area (Å²) >= 11 is 0. The molecule has 0 bridgehead atoms. The highest BCUT2D eigenvalue weighted by Gasteiger charge is 2.22. The van der Waals surface area contributed by atoms with Crippen LogP contribution in [0.3, 0.4) is 0 Å². The molecule has 0 aliphatic carbocycles. The molecule has 0 spiro atoms. The molecule has 0 saturated heterocycles. The van der Waals surface area contributed by atoms with Gasteiger partial charge in [-0.1, -0.05) is 42.5 Å². The fraction of sp³-hybridized carbons (Fsp3) is 0.333. The van der Waals surface area contributed by atoms with Crippen molar-refractivity contribution in [3.05, 3.63) is 66.0 Å². The summed E-state index contributed by atoms with van der Waals surface area (Å²) in [5.41, 5.74) is 9.17. The number of benzene rings is 2. The minimum atomic E-state index is -0.586.